The maximum atomic E-state index is 6.42. The molecule has 0 aliphatic carbocycles. The van der Waals surface area contributed by atoms with Gasteiger partial charge < -0.3 is 4.42 Å². The first kappa shape index (κ1) is 18.3. The molecule has 0 fully saturated rings. The second-order valence-corrected chi connectivity index (χ2v) is 8.70. The van der Waals surface area contributed by atoms with Crippen molar-refractivity contribution < 1.29 is 4.42 Å². The molecule has 3 heterocycles. The lowest BCUT2D eigenvalue weighted by Crippen LogP contribution is -1.81. The van der Waals surface area contributed by atoms with Crippen LogP contribution in [-0.4, -0.2) is 9.97 Å². The number of furan rings is 1. The molecule has 0 atom stereocenters. The highest BCUT2D eigenvalue weighted by Crippen LogP contribution is 2.40. The van der Waals surface area contributed by atoms with E-state index in [1.165, 1.54) is 21.9 Å². The van der Waals surface area contributed by atoms with Crippen molar-refractivity contribution in [3.8, 4) is 0 Å². The first-order chi connectivity index (χ1) is 14.4. The van der Waals surface area contributed by atoms with Crippen LogP contribution in [-0.2, 0) is 11.5 Å². The predicted molar refractivity (Wildman–Crippen MR) is 121 cm³/mol. The van der Waals surface area contributed by atoms with Gasteiger partial charge in [0.25, 0.3) is 0 Å². The van der Waals surface area contributed by atoms with E-state index in [1.54, 1.807) is 35.9 Å². The quantitative estimate of drug-likeness (QED) is 0.281. The Kier molecular flexibility index (Phi) is 5.24. The molecule has 0 N–H and O–H groups in total. The van der Waals surface area contributed by atoms with Crippen LogP contribution in [0.25, 0.3) is 21.9 Å². The van der Waals surface area contributed by atoms with Gasteiger partial charge in [0, 0.05) is 47.1 Å². The first-order valence-corrected chi connectivity index (χ1v) is 11.3. The molecule has 0 aliphatic rings. The Bertz CT molecular complexity index is 1160. The fourth-order valence-electron chi connectivity index (χ4n) is 3.28. The van der Waals surface area contributed by atoms with Crippen LogP contribution >= 0.6 is 23.5 Å². The highest BCUT2D eigenvalue weighted by molar-refractivity contribution is 7.99. The number of thioether (sulfide) groups is 2. The van der Waals surface area contributed by atoms with E-state index in [0.29, 0.717) is 0 Å². The molecule has 5 aromatic rings. The lowest BCUT2D eigenvalue weighted by atomic mass is 10.1. The van der Waals surface area contributed by atoms with Crippen molar-refractivity contribution in [2.75, 3.05) is 0 Å². The zero-order valence-corrected chi connectivity index (χ0v) is 17.2. The summed E-state index contributed by atoms with van der Waals surface area (Å²) in [6, 6.07) is 20.9. The molecule has 0 radical (unpaired) electrons. The van der Waals surface area contributed by atoms with E-state index in [2.05, 4.69) is 58.5 Å². The second kappa shape index (κ2) is 8.31. The number of para-hydroxylation sites is 2. The van der Waals surface area contributed by atoms with Crippen LogP contribution in [0.1, 0.15) is 11.1 Å². The number of benzene rings is 2. The van der Waals surface area contributed by atoms with Gasteiger partial charge in [0.2, 0.25) is 0 Å². The first-order valence-electron chi connectivity index (χ1n) is 9.36. The largest absolute Gasteiger partial charge is 0.454 e. The third-order valence-corrected chi connectivity index (χ3v) is 6.91. The van der Waals surface area contributed by atoms with Crippen LogP contribution < -0.4 is 0 Å². The van der Waals surface area contributed by atoms with Gasteiger partial charge in [0.05, 0.1) is 9.79 Å². The van der Waals surface area contributed by atoms with Crippen molar-refractivity contribution in [3.05, 3.63) is 96.6 Å². The molecule has 0 aliphatic heterocycles. The number of hydrogen-bond acceptors (Lipinski definition) is 5. The summed E-state index contributed by atoms with van der Waals surface area (Å²) in [5.41, 5.74) is 4.34. The van der Waals surface area contributed by atoms with Crippen molar-refractivity contribution >= 4 is 45.5 Å². The maximum absolute atomic E-state index is 6.42. The normalized spacial score (nSPS) is 11.3. The van der Waals surface area contributed by atoms with Crippen LogP contribution in [0.5, 0.6) is 0 Å². The van der Waals surface area contributed by atoms with Gasteiger partial charge >= 0.3 is 0 Å². The van der Waals surface area contributed by atoms with E-state index in [4.69, 9.17) is 4.42 Å². The summed E-state index contributed by atoms with van der Waals surface area (Å²) in [4.78, 5) is 10.7. The molecular formula is C24H18N2OS2. The lowest BCUT2D eigenvalue weighted by Gasteiger charge is -2.02. The molecule has 29 heavy (non-hydrogen) atoms. The molecule has 0 saturated carbocycles. The van der Waals surface area contributed by atoms with Crippen molar-refractivity contribution in [1.82, 2.24) is 9.97 Å². The summed E-state index contributed by atoms with van der Waals surface area (Å²) in [5, 5.41) is 2.33. The minimum absolute atomic E-state index is 0.868. The molecule has 2 aromatic carbocycles. The zero-order valence-electron chi connectivity index (χ0n) is 15.6. The van der Waals surface area contributed by atoms with Crippen LogP contribution in [0.3, 0.4) is 0 Å². The van der Waals surface area contributed by atoms with E-state index in [0.717, 1.165) is 32.5 Å². The maximum Gasteiger partial charge on any atom is 0.149 e. The van der Waals surface area contributed by atoms with E-state index in [-0.39, 0.29) is 0 Å². The third kappa shape index (κ3) is 3.88. The van der Waals surface area contributed by atoms with Crippen LogP contribution in [0.4, 0.5) is 0 Å². The molecule has 0 unspecified atom stereocenters. The summed E-state index contributed by atoms with van der Waals surface area (Å²) in [5.74, 6) is 1.74. The van der Waals surface area contributed by atoms with Crippen LogP contribution in [0.15, 0.2) is 99.7 Å². The average Bonchev–Trinajstić information content (AvgIpc) is 3.18. The van der Waals surface area contributed by atoms with Gasteiger partial charge in [0.15, 0.2) is 0 Å². The van der Waals surface area contributed by atoms with Gasteiger partial charge in [-0.1, -0.05) is 36.4 Å². The number of aromatic nitrogens is 2. The molecule has 0 amide bonds. The average molecular weight is 415 g/mol. The Morgan fingerprint density at radius 1 is 0.621 bits per heavy atom. The zero-order chi connectivity index (χ0) is 19.5. The molecule has 3 nitrogen and oxygen atoms in total. The molecule has 5 rings (SSSR count). The third-order valence-electron chi connectivity index (χ3n) is 4.69. The van der Waals surface area contributed by atoms with Crippen molar-refractivity contribution in [3.63, 3.8) is 0 Å². The number of hydrogen-bond donors (Lipinski definition) is 0. The Morgan fingerprint density at radius 2 is 1.14 bits per heavy atom. The Labute approximate surface area is 177 Å². The Hall–Kier alpha value is -2.76. The lowest BCUT2D eigenvalue weighted by molar-refractivity contribution is 0.652. The van der Waals surface area contributed by atoms with Crippen molar-refractivity contribution in [1.29, 1.82) is 0 Å². The molecule has 3 aromatic heterocycles. The smallest absolute Gasteiger partial charge is 0.149 e. The van der Waals surface area contributed by atoms with E-state index in [9.17, 15) is 0 Å². The summed E-state index contributed by atoms with van der Waals surface area (Å²) in [6.45, 7) is 0. The summed E-state index contributed by atoms with van der Waals surface area (Å²) < 4.78 is 6.42. The van der Waals surface area contributed by atoms with Gasteiger partial charge in [-0.3, -0.25) is 9.97 Å². The van der Waals surface area contributed by atoms with Crippen molar-refractivity contribution in [2.24, 2.45) is 0 Å². The summed E-state index contributed by atoms with van der Waals surface area (Å²) in [6.07, 6.45) is 7.44. The second-order valence-electron chi connectivity index (χ2n) is 6.67. The minimum atomic E-state index is 0.868. The van der Waals surface area contributed by atoms with Crippen LogP contribution in [0.2, 0.25) is 0 Å². The predicted octanol–water partition coefficient (Wildman–Crippen LogP) is 6.96. The highest BCUT2D eigenvalue weighted by atomic mass is 32.2. The molecule has 142 valence electrons. The monoisotopic (exact) mass is 414 g/mol. The summed E-state index contributed by atoms with van der Waals surface area (Å²) >= 11 is 3.57. The number of nitrogens with zero attached hydrogens (tertiary/aromatic N) is 2. The summed E-state index contributed by atoms with van der Waals surface area (Å²) in [7, 11) is 0. The number of rotatable bonds is 6. The van der Waals surface area contributed by atoms with Gasteiger partial charge in [-0.25, -0.2) is 0 Å². The van der Waals surface area contributed by atoms with E-state index >= 15 is 0 Å². The standard InChI is InChI=1S/C24H18N2OS2/c1-7-19-20-8-2-10-22(29-16-18-6-4-12-26-14-18)24(20)27-23(19)21(9-1)28-15-17-5-3-11-25-13-17/h1-14H,15-16H2. The minimum Gasteiger partial charge on any atom is -0.454 e. The molecule has 5 heteroatoms. The topological polar surface area (TPSA) is 38.9 Å². The van der Waals surface area contributed by atoms with E-state index in [1.807, 2.05) is 24.5 Å². The number of pyridine rings is 2. The molecule has 0 bridgehead atoms. The van der Waals surface area contributed by atoms with E-state index < -0.39 is 0 Å². The molecule has 0 spiro atoms. The van der Waals surface area contributed by atoms with Gasteiger partial charge in [-0.05, 0) is 35.4 Å². The van der Waals surface area contributed by atoms with Gasteiger partial charge in [-0.2, -0.15) is 0 Å². The molecular weight excluding hydrogens is 396 g/mol. The van der Waals surface area contributed by atoms with Crippen molar-refractivity contribution in [2.45, 2.75) is 21.3 Å². The Balaban J connectivity index is 1.48. The fourth-order valence-corrected chi connectivity index (χ4v) is 5.19. The Morgan fingerprint density at radius 3 is 1.59 bits per heavy atom. The number of fused-ring (bicyclic) bond motifs is 3. The fraction of sp³-hybridized carbons (Fsp3) is 0.0833. The van der Waals surface area contributed by atoms with Gasteiger partial charge in [0.1, 0.15) is 11.2 Å². The van der Waals surface area contributed by atoms with Crippen LogP contribution in [0, 0.1) is 0 Å². The highest BCUT2D eigenvalue weighted by Gasteiger charge is 2.14. The SMILES string of the molecule is c1cncc(CSc2cccc3c2oc2c(SCc4cccnc4)cccc23)c1. The molecule has 0 saturated heterocycles. The van der Waals surface area contributed by atoms with Gasteiger partial charge in [-0.15, -0.1) is 23.5 Å².